The van der Waals surface area contributed by atoms with Gasteiger partial charge < -0.3 is 10.0 Å². The normalized spacial score (nSPS) is 20.2. The first kappa shape index (κ1) is 15.6. The molecular weight excluding hydrogens is 323 g/mol. The minimum absolute atomic E-state index is 0.146. The highest BCUT2D eigenvalue weighted by atomic mass is 19.1. The molecule has 2 heterocycles. The molecule has 3 aromatic rings. The summed E-state index contributed by atoms with van der Waals surface area (Å²) in [6.45, 7) is 0.550. The Hall–Kier alpha value is -2.93. The van der Waals surface area contributed by atoms with E-state index in [0.29, 0.717) is 24.3 Å². The van der Waals surface area contributed by atoms with Crippen molar-refractivity contribution in [1.82, 2.24) is 15.1 Å². The molecule has 0 spiro atoms. The summed E-state index contributed by atoms with van der Waals surface area (Å²) in [5, 5.41) is 21.4. The Labute approximate surface area is 143 Å². The largest absolute Gasteiger partial charge is 0.383 e. The van der Waals surface area contributed by atoms with Gasteiger partial charge in [0.25, 0.3) is 0 Å². The van der Waals surface area contributed by atoms with Gasteiger partial charge in [-0.05, 0) is 36.2 Å². The summed E-state index contributed by atoms with van der Waals surface area (Å²) in [4.78, 5) is 14.1. The van der Waals surface area contributed by atoms with Crippen LogP contribution in [0.25, 0.3) is 10.9 Å². The van der Waals surface area contributed by atoms with Gasteiger partial charge >= 0.3 is 6.03 Å². The number of para-hydroxylation sites is 1. The van der Waals surface area contributed by atoms with E-state index in [4.69, 9.17) is 0 Å². The van der Waals surface area contributed by atoms with Crippen LogP contribution < -0.4 is 5.32 Å². The number of likely N-dealkylation sites (tertiary alicyclic amines) is 1. The predicted molar refractivity (Wildman–Crippen MR) is 91.6 cm³/mol. The summed E-state index contributed by atoms with van der Waals surface area (Å²) in [5.74, 6) is 0.100. The maximum atomic E-state index is 13.1. The number of hydrogen-bond donors (Lipinski definition) is 3. The zero-order valence-corrected chi connectivity index (χ0v) is 13.4. The lowest BCUT2D eigenvalue weighted by molar-refractivity contribution is 0.0500. The number of hydrogen-bond acceptors (Lipinski definition) is 3. The highest BCUT2D eigenvalue weighted by Crippen LogP contribution is 2.32. The highest BCUT2D eigenvalue weighted by Gasteiger charge is 2.39. The maximum Gasteiger partial charge on any atom is 0.323 e. The molecule has 1 aliphatic rings. The van der Waals surface area contributed by atoms with Gasteiger partial charge in [0.1, 0.15) is 11.4 Å². The lowest BCUT2D eigenvalue weighted by Gasteiger charge is -2.24. The van der Waals surface area contributed by atoms with Crippen molar-refractivity contribution in [1.29, 1.82) is 0 Å². The molecule has 0 bridgehead atoms. The molecule has 1 aromatic heterocycles. The number of rotatable bonds is 2. The minimum Gasteiger partial charge on any atom is -0.383 e. The third-order valence-corrected chi connectivity index (χ3v) is 4.61. The van der Waals surface area contributed by atoms with Gasteiger partial charge in [0.2, 0.25) is 0 Å². The van der Waals surface area contributed by atoms with Gasteiger partial charge in [0, 0.05) is 11.9 Å². The molecular formula is C18H17FN4O2. The van der Waals surface area contributed by atoms with Crippen LogP contribution in [0.5, 0.6) is 0 Å². The zero-order valence-electron chi connectivity index (χ0n) is 13.4. The Bertz CT molecular complexity index is 924. The number of H-pyrrole nitrogens is 1. The van der Waals surface area contributed by atoms with E-state index in [0.717, 1.165) is 10.9 Å². The molecule has 3 N–H and O–H groups in total. The SMILES string of the molecule is O=C(Nc1n[nH]c2ccccc12)N1CCC(O)(c2ccc(F)cc2)C1. The molecule has 1 aliphatic heterocycles. The fraction of sp³-hybridized carbons (Fsp3) is 0.222. The molecule has 4 rings (SSSR count). The Morgan fingerprint density at radius 3 is 2.80 bits per heavy atom. The molecule has 0 radical (unpaired) electrons. The molecule has 2 amide bonds. The fourth-order valence-electron chi connectivity index (χ4n) is 3.20. The summed E-state index contributed by atoms with van der Waals surface area (Å²) < 4.78 is 13.1. The molecule has 1 unspecified atom stereocenters. The van der Waals surface area contributed by atoms with Gasteiger partial charge in [-0.25, -0.2) is 9.18 Å². The molecule has 0 saturated carbocycles. The van der Waals surface area contributed by atoms with Crippen LogP contribution in [0.2, 0.25) is 0 Å². The Morgan fingerprint density at radius 1 is 1.24 bits per heavy atom. The minimum atomic E-state index is -1.17. The van der Waals surface area contributed by atoms with Crippen LogP contribution in [0.4, 0.5) is 15.0 Å². The second-order valence-corrected chi connectivity index (χ2v) is 6.26. The van der Waals surface area contributed by atoms with E-state index in [9.17, 15) is 14.3 Å². The lowest BCUT2D eigenvalue weighted by Crippen LogP contribution is -2.37. The number of carbonyl (C=O) groups is 1. The number of urea groups is 1. The predicted octanol–water partition coefficient (Wildman–Crippen LogP) is 2.83. The number of fused-ring (bicyclic) bond motifs is 1. The Kier molecular flexibility index (Phi) is 3.65. The summed E-state index contributed by atoms with van der Waals surface area (Å²) in [6.07, 6.45) is 0.396. The quantitative estimate of drug-likeness (QED) is 0.671. The Balaban J connectivity index is 1.49. The smallest absolute Gasteiger partial charge is 0.323 e. The van der Waals surface area contributed by atoms with Crippen molar-refractivity contribution in [2.45, 2.75) is 12.0 Å². The molecule has 2 aromatic carbocycles. The first-order valence-electron chi connectivity index (χ1n) is 8.03. The molecule has 1 fully saturated rings. The molecule has 7 heteroatoms. The van der Waals surface area contributed by atoms with Crippen molar-refractivity contribution in [3.63, 3.8) is 0 Å². The third-order valence-electron chi connectivity index (χ3n) is 4.61. The fourth-order valence-corrected chi connectivity index (χ4v) is 3.20. The number of aromatic nitrogens is 2. The van der Waals surface area contributed by atoms with Crippen molar-refractivity contribution in [2.75, 3.05) is 18.4 Å². The second-order valence-electron chi connectivity index (χ2n) is 6.26. The topological polar surface area (TPSA) is 81.2 Å². The number of β-amino-alcohol motifs (C(OH)–C–C–N with tert-alkyl or cyclic N) is 1. The highest BCUT2D eigenvalue weighted by molar-refractivity contribution is 5.98. The van der Waals surface area contributed by atoms with Crippen molar-refractivity contribution >= 4 is 22.8 Å². The van der Waals surface area contributed by atoms with Gasteiger partial charge in [0.15, 0.2) is 5.82 Å². The van der Waals surface area contributed by atoms with Gasteiger partial charge in [-0.15, -0.1) is 0 Å². The van der Waals surface area contributed by atoms with Crippen LogP contribution in [-0.4, -0.2) is 39.3 Å². The monoisotopic (exact) mass is 340 g/mol. The van der Waals surface area contributed by atoms with Crippen LogP contribution >= 0.6 is 0 Å². The number of aliphatic hydroxyl groups is 1. The maximum absolute atomic E-state index is 13.1. The van der Waals surface area contributed by atoms with Crippen molar-refractivity contribution in [2.24, 2.45) is 0 Å². The van der Waals surface area contributed by atoms with Crippen LogP contribution in [-0.2, 0) is 5.60 Å². The van der Waals surface area contributed by atoms with Crippen molar-refractivity contribution in [3.05, 3.63) is 59.9 Å². The van der Waals surface area contributed by atoms with E-state index in [1.54, 1.807) is 12.1 Å². The molecule has 6 nitrogen and oxygen atoms in total. The van der Waals surface area contributed by atoms with E-state index in [1.807, 2.05) is 24.3 Å². The van der Waals surface area contributed by atoms with Crippen LogP contribution in [0.3, 0.4) is 0 Å². The molecule has 0 aliphatic carbocycles. The van der Waals surface area contributed by atoms with E-state index >= 15 is 0 Å². The number of anilines is 1. The molecule has 1 atom stereocenters. The summed E-state index contributed by atoms with van der Waals surface area (Å²) in [6, 6.07) is 12.9. The van der Waals surface area contributed by atoms with Crippen molar-refractivity contribution in [3.8, 4) is 0 Å². The Morgan fingerprint density at radius 2 is 2.00 bits per heavy atom. The average molecular weight is 340 g/mol. The van der Waals surface area contributed by atoms with E-state index < -0.39 is 5.60 Å². The average Bonchev–Trinajstić information content (AvgIpc) is 3.21. The third kappa shape index (κ3) is 2.83. The van der Waals surface area contributed by atoms with Gasteiger partial charge in [-0.3, -0.25) is 10.4 Å². The first-order valence-corrected chi connectivity index (χ1v) is 8.03. The number of nitrogens with zero attached hydrogens (tertiary/aromatic N) is 2. The molecule has 128 valence electrons. The first-order chi connectivity index (χ1) is 12.0. The van der Waals surface area contributed by atoms with Gasteiger partial charge in [-0.1, -0.05) is 24.3 Å². The number of halogens is 1. The number of benzene rings is 2. The van der Waals surface area contributed by atoms with Gasteiger partial charge in [0.05, 0.1) is 12.1 Å². The van der Waals surface area contributed by atoms with Gasteiger partial charge in [-0.2, -0.15) is 5.10 Å². The number of aromatic amines is 1. The van der Waals surface area contributed by atoms with E-state index in [1.165, 1.54) is 17.0 Å². The summed E-state index contributed by atoms with van der Waals surface area (Å²) >= 11 is 0. The summed E-state index contributed by atoms with van der Waals surface area (Å²) in [5.41, 5.74) is 0.273. The van der Waals surface area contributed by atoms with E-state index in [-0.39, 0.29) is 18.4 Å². The standard InChI is InChI=1S/C18H17FN4O2/c19-13-7-5-12(6-8-13)18(25)9-10-23(11-18)17(24)20-16-14-3-1-2-4-15(14)21-22-16/h1-8,25H,9-11H2,(H2,20,21,22,24). The zero-order chi connectivity index (χ0) is 17.4. The second kappa shape index (κ2) is 5.86. The molecule has 25 heavy (non-hydrogen) atoms. The summed E-state index contributed by atoms with van der Waals surface area (Å²) in [7, 11) is 0. The number of carbonyl (C=O) groups excluding carboxylic acids is 1. The van der Waals surface area contributed by atoms with Crippen LogP contribution in [0, 0.1) is 5.82 Å². The van der Waals surface area contributed by atoms with E-state index in [2.05, 4.69) is 15.5 Å². The van der Waals surface area contributed by atoms with Crippen molar-refractivity contribution < 1.29 is 14.3 Å². The number of nitrogens with one attached hydrogen (secondary N) is 2. The van der Waals surface area contributed by atoms with Crippen LogP contribution in [0.15, 0.2) is 48.5 Å². The van der Waals surface area contributed by atoms with Crippen LogP contribution in [0.1, 0.15) is 12.0 Å². The molecule has 1 saturated heterocycles. The number of amides is 2. The lowest BCUT2D eigenvalue weighted by atomic mass is 9.93.